The number of anilines is 1. The quantitative estimate of drug-likeness (QED) is 0.701. The van der Waals surface area contributed by atoms with Crippen LogP contribution in [0.25, 0.3) is 0 Å². The van der Waals surface area contributed by atoms with Gasteiger partial charge in [0.2, 0.25) is 5.13 Å². The van der Waals surface area contributed by atoms with Crippen molar-refractivity contribution in [2.45, 2.75) is 19.3 Å². The van der Waals surface area contributed by atoms with Gasteiger partial charge in [-0.15, -0.1) is 0 Å². The Morgan fingerprint density at radius 3 is 2.19 bits per heavy atom. The molecule has 1 fully saturated rings. The molecule has 0 bridgehead atoms. The Labute approximate surface area is 157 Å². The molecule has 0 N–H and O–H groups in total. The van der Waals surface area contributed by atoms with E-state index in [1.54, 1.807) is 0 Å². The van der Waals surface area contributed by atoms with E-state index in [1.165, 1.54) is 22.7 Å². The molecular formula is C21H21N3OS. The van der Waals surface area contributed by atoms with Gasteiger partial charge in [0.1, 0.15) is 11.6 Å². The Balaban J connectivity index is 1.70. The molecule has 3 aromatic rings. The lowest BCUT2D eigenvalue weighted by atomic mass is 9.76. The largest absolute Gasteiger partial charge is 0.346 e. The van der Waals surface area contributed by atoms with Crippen molar-refractivity contribution in [1.82, 2.24) is 9.36 Å². The normalized spacial score (nSPS) is 17.7. The van der Waals surface area contributed by atoms with Crippen LogP contribution in [0.5, 0.6) is 0 Å². The third kappa shape index (κ3) is 3.40. The van der Waals surface area contributed by atoms with Gasteiger partial charge >= 0.3 is 0 Å². The van der Waals surface area contributed by atoms with E-state index in [-0.39, 0.29) is 11.8 Å². The summed E-state index contributed by atoms with van der Waals surface area (Å²) in [5.41, 5.74) is 2.37. The molecule has 1 aromatic heterocycles. The van der Waals surface area contributed by atoms with Gasteiger partial charge < -0.3 is 4.90 Å². The van der Waals surface area contributed by atoms with Crippen LogP contribution >= 0.6 is 11.5 Å². The fraction of sp³-hybridized carbons (Fsp3) is 0.286. The van der Waals surface area contributed by atoms with Gasteiger partial charge in [-0.2, -0.15) is 4.37 Å². The van der Waals surface area contributed by atoms with Crippen molar-refractivity contribution in [3.63, 3.8) is 0 Å². The van der Waals surface area contributed by atoms with Crippen LogP contribution in [0.4, 0.5) is 5.13 Å². The van der Waals surface area contributed by atoms with Crippen molar-refractivity contribution in [3.05, 3.63) is 77.6 Å². The molecule has 1 unspecified atom stereocenters. The second-order valence-electron chi connectivity index (χ2n) is 6.69. The minimum absolute atomic E-state index is 0.0571. The maximum absolute atomic E-state index is 12.9. The van der Waals surface area contributed by atoms with Gasteiger partial charge in [-0.05, 0) is 18.1 Å². The molecule has 1 aliphatic rings. The summed E-state index contributed by atoms with van der Waals surface area (Å²) in [4.78, 5) is 19.6. The summed E-state index contributed by atoms with van der Waals surface area (Å²) in [6.07, 6.45) is 0.555. The number of rotatable bonds is 4. The molecule has 0 radical (unpaired) electrons. The van der Waals surface area contributed by atoms with E-state index < -0.39 is 0 Å². The maximum atomic E-state index is 12.9. The molecule has 1 aliphatic heterocycles. The van der Waals surface area contributed by atoms with E-state index >= 15 is 0 Å². The van der Waals surface area contributed by atoms with Crippen LogP contribution < -0.4 is 4.90 Å². The molecule has 0 spiro atoms. The zero-order valence-corrected chi connectivity index (χ0v) is 15.5. The summed E-state index contributed by atoms with van der Waals surface area (Å²) in [6.45, 7) is 3.31. The van der Waals surface area contributed by atoms with Crippen molar-refractivity contribution >= 4 is 22.4 Å². The van der Waals surface area contributed by atoms with E-state index in [0.717, 1.165) is 17.5 Å². The summed E-state index contributed by atoms with van der Waals surface area (Å²) in [6, 6.07) is 20.7. The number of ketones is 1. The van der Waals surface area contributed by atoms with E-state index in [1.807, 2.05) is 43.3 Å². The molecule has 2 aromatic carbocycles. The van der Waals surface area contributed by atoms with Crippen LogP contribution in [0.3, 0.4) is 0 Å². The number of nitrogens with zero attached hydrogens (tertiary/aromatic N) is 3. The average molecular weight is 363 g/mol. The first-order valence-corrected chi connectivity index (χ1v) is 9.67. The molecule has 0 aliphatic carbocycles. The number of aryl methyl sites for hydroxylation is 1. The zero-order chi connectivity index (χ0) is 17.9. The number of hydrogen-bond acceptors (Lipinski definition) is 5. The van der Waals surface area contributed by atoms with Crippen LogP contribution in [-0.2, 0) is 4.79 Å². The number of piperidine rings is 1. The van der Waals surface area contributed by atoms with E-state index in [4.69, 9.17) is 0 Å². The van der Waals surface area contributed by atoms with Crippen LogP contribution in [0, 0.1) is 12.8 Å². The number of hydrogen-bond donors (Lipinski definition) is 0. The Kier molecular flexibility index (Phi) is 4.80. The molecule has 4 nitrogen and oxygen atoms in total. The topological polar surface area (TPSA) is 46.1 Å². The highest BCUT2D eigenvalue weighted by Gasteiger charge is 2.36. The van der Waals surface area contributed by atoms with Crippen LogP contribution in [0.1, 0.15) is 29.3 Å². The van der Waals surface area contributed by atoms with Crippen molar-refractivity contribution in [2.24, 2.45) is 5.92 Å². The second kappa shape index (κ2) is 7.38. The first-order chi connectivity index (χ1) is 12.7. The molecule has 132 valence electrons. The third-order valence-electron chi connectivity index (χ3n) is 4.97. The second-order valence-corrected chi connectivity index (χ2v) is 7.42. The minimum Gasteiger partial charge on any atom is -0.346 e. The highest BCUT2D eigenvalue weighted by Crippen LogP contribution is 2.36. The predicted octanol–water partition coefficient (Wildman–Crippen LogP) is 4.07. The molecule has 0 saturated carbocycles. The predicted molar refractivity (Wildman–Crippen MR) is 105 cm³/mol. The number of aromatic nitrogens is 2. The Hall–Kier alpha value is -2.53. The monoisotopic (exact) mass is 363 g/mol. The van der Waals surface area contributed by atoms with Gasteiger partial charge in [0.25, 0.3) is 0 Å². The fourth-order valence-corrected chi connectivity index (χ4v) is 4.43. The van der Waals surface area contributed by atoms with Crippen LogP contribution in [0.15, 0.2) is 60.7 Å². The number of carbonyl (C=O) groups excluding carboxylic acids is 1. The smallest absolute Gasteiger partial charge is 0.205 e. The maximum Gasteiger partial charge on any atom is 0.205 e. The zero-order valence-electron chi connectivity index (χ0n) is 14.7. The van der Waals surface area contributed by atoms with Gasteiger partial charge in [-0.3, -0.25) is 4.79 Å². The van der Waals surface area contributed by atoms with Crippen LogP contribution in [-0.4, -0.2) is 28.2 Å². The lowest BCUT2D eigenvalue weighted by Crippen LogP contribution is -2.43. The first kappa shape index (κ1) is 16.9. The minimum atomic E-state index is -0.0854. The van der Waals surface area contributed by atoms with E-state index in [2.05, 4.69) is 38.5 Å². The number of Topliss-reactive ketones (excluding diaryl/α,β-unsaturated/α-hetero) is 1. The lowest BCUT2D eigenvalue weighted by molar-refractivity contribution is -0.123. The van der Waals surface area contributed by atoms with Gasteiger partial charge in [-0.25, -0.2) is 4.98 Å². The highest BCUT2D eigenvalue weighted by atomic mass is 32.1. The van der Waals surface area contributed by atoms with Crippen molar-refractivity contribution < 1.29 is 4.79 Å². The summed E-state index contributed by atoms with van der Waals surface area (Å²) in [5.74, 6) is 1.10. The summed E-state index contributed by atoms with van der Waals surface area (Å²) < 4.78 is 4.30. The molecule has 26 heavy (non-hydrogen) atoms. The number of benzene rings is 2. The Morgan fingerprint density at radius 2 is 1.65 bits per heavy atom. The van der Waals surface area contributed by atoms with Gasteiger partial charge in [-0.1, -0.05) is 60.7 Å². The molecule has 1 atom stereocenters. The molecule has 5 heteroatoms. The van der Waals surface area contributed by atoms with Gasteiger partial charge in [0.15, 0.2) is 0 Å². The molecule has 0 amide bonds. The first-order valence-electron chi connectivity index (χ1n) is 8.90. The van der Waals surface area contributed by atoms with Gasteiger partial charge in [0.05, 0.1) is 0 Å². The van der Waals surface area contributed by atoms with Crippen molar-refractivity contribution in [3.8, 4) is 0 Å². The Morgan fingerprint density at radius 1 is 1.04 bits per heavy atom. The molecule has 4 rings (SSSR count). The highest BCUT2D eigenvalue weighted by molar-refractivity contribution is 7.09. The van der Waals surface area contributed by atoms with Crippen molar-refractivity contribution in [1.29, 1.82) is 0 Å². The molecule has 2 heterocycles. The fourth-order valence-electron chi connectivity index (χ4n) is 3.72. The summed E-state index contributed by atoms with van der Waals surface area (Å²) in [5, 5.41) is 0.917. The molecular weight excluding hydrogens is 342 g/mol. The molecule has 1 saturated heterocycles. The standard InChI is InChI=1S/C21H21N3OS/c1-15-22-21(26-23-15)24-13-12-19(25)18(14-24)20(16-8-4-2-5-9-16)17-10-6-3-7-11-17/h2-11,18,20H,12-14H2,1H3. The third-order valence-corrected chi connectivity index (χ3v) is 5.83. The van der Waals surface area contributed by atoms with Crippen LogP contribution in [0.2, 0.25) is 0 Å². The van der Waals surface area contributed by atoms with E-state index in [9.17, 15) is 4.79 Å². The van der Waals surface area contributed by atoms with E-state index in [0.29, 0.717) is 18.7 Å². The van der Waals surface area contributed by atoms with Gasteiger partial charge in [0, 0.05) is 42.9 Å². The lowest BCUT2D eigenvalue weighted by Gasteiger charge is -2.36. The summed E-state index contributed by atoms with van der Waals surface area (Å²) in [7, 11) is 0. The summed E-state index contributed by atoms with van der Waals surface area (Å²) >= 11 is 1.42. The van der Waals surface area contributed by atoms with Crippen molar-refractivity contribution in [2.75, 3.05) is 18.0 Å². The number of carbonyl (C=O) groups is 1. The Bertz CT molecular complexity index is 839. The average Bonchev–Trinajstić information content (AvgIpc) is 3.12. The SMILES string of the molecule is Cc1nsc(N2CCC(=O)C(C(c3ccccc3)c3ccccc3)C2)n1.